The van der Waals surface area contributed by atoms with Gasteiger partial charge in [0.1, 0.15) is 5.75 Å². The summed E-state index contributed by atoms with van der Waals surface area (Å²) in [5, 5.41) is 13.7. The third-order valence-electron chi connectivity index (χ3n) is 3.96. The van der Waals surface area contributed by atoms with Gasteiger partial charge in [0.05, 0.1) is 12.2 Å². The molecule has 1 aliphatic heterocycles. The van der Waals surface area contributed by atoms with Crippen molar-refractivity contribution in [2.75, 3.05) is 26.7 Å². The van der Waals surface area contributed by atoms with Gasteiger partial charge >= 0.3 is 0 Å². The smallest absolute Gasteiger partial charge is 0.119 e. The number of nitrogens with zero attached hydrogens (tertiary/aromatic N) is 1. The average molecular weight is 292 g/mol. The zero-order valence-electron chi connectivity index (χ0n) is 13.4. The van der Waals surface area contributed by atoms with E-state index in [1.165, 1.54) is 0 Å². The monoisotopic (exact) mass is 292 g/mol. The van der Waals surface area contributed by atoms with Crippen molar-refractivity contribution in [1.82, 2.24) is 10.2 Å². The zero-order valence-corrected chi connectivity index (χ0v) is 13.4. The second-order valence-corrected chi connectivity index (χ2v) is 6.24. The third kappa shape index (κ3) is 5.30. The Morgan fingerprint density at radius 1 is 1.24 bits per heavy atom. The lowest BCUT2D eigenvalue weighted by atomic mass is 10.0. The number of benzene rings is 1. The molecule has 1 aromatic carbocycles. The van der Waals surface area contributed by atoms with E-state index in [0.29, 0.717) is 12.6 Å². The lowest BCUT2D eigenvalue weighted by Gasteiger charge is -2.30. The Hall–Kier alpha value is -1.10. The molecule has 1 aromatic rings. The highest BCUT2D eigenvalue weighted by Crippen LogP contribution is 2.19. The highest BCUT2D eigenvalue weighted by molar-refractivity contribution is 5.28. The maximum absolute atomic E-state index is 10.3. The van der Waals surface area contributed by atoms with Crippen molar-refractivity contribution >= 4 is 0 Å². The summed E-state index contributed by atoms with van der Waals surface area (Å²) in [6, 6.07) is 8.26. The molecule has 1 heterocycles. The van der Waals surface area contributed by atoms with E-state index in [1.54, 1.807) is 0 Å². The van der Waals surface area contributed by atoms with Crippen LogP contribution in [0.25, 0.3) is 0 Å². The minimum Gasteiger partial charge on any atom is -0.491 e. The van der Waals surface area contributed by atoms with Gasteiger partial charge in [-0.05, 0) is 64.5 Å². The minimum atomic E-state index is -0.460. The Morgan fingerprint density at radius 3 is 2.43 bits per heavy atom. The van der Waals surface area contributed by atoms with Crippen molar-refractivity contribution in [1.29, 1.82) is 0 Å². The first-order valence-electron chi connectivity index (χ1n) is 7.91. The van der Waals surface area contributed by atoms with Crippen LogP contribution in [0.1, 0.15) is 38.4 Å². The summed E-state index contributed by atoms with van der Waals surface area (Å²) in [6.07, 6.45) is 2.03. The standard InChI is InChI=1S/C17H28N2O2/c1-13(2)21-16-6-4-14(5-7-16)17(20)12-18-15-8-10-19(3)11-9-15/h4-7,13,15,17-18,20H,8-12H2,1-3H3. The van der Waals surface area contributed by atoms with Crippen LogP contribution < -0.4 is 10.1 Å². The number of piperidine rings is 1. The zero-order chi connectivity index (χ0) is 15.2. The molecule has 1 saturated heterocycles. The second kappa shape index (κ2) is 7.78. The van der Waals surface area contributed by atoms with Crippen molar-refractivity contribution < 1.29 is 9.84 Å². The molecule has 118 valence electrons. The Kier molecular flexibility index (Phi) is 6.03. The molecule has 21 heavy (non-hydrogen) atoms. The Labute approximate surface area is 128 Å². The summed E-state index contributed by atoms with van der Waals surface area (Å²) in [6.45, 7) is 6.89. The summed E-state index contributed by atoms with van der Waals surface area (Å²) in [5.74, 6) is 0.851. The average Bonchev–Trinajstić information content (AvgIpc) is 2.46. The maximum Gasteiger partial charge on any atom is 0.119 e. The number of hydrogen-bond donors (Lipinski definition) is 2. The summed E-state index contributed by atoms with van der Waals surface area (Å²) in [5.41, 5.74) is 0.937. The van der Waals surface area contributed by atoms with Crippen LogP contribution in [0.2, 0.25) is 0 Å². The Balaban J connectivity index is 1.78. The van der Waals surface area contributed by atoms with Crippen LogP contribution in [-0.4, -0.2) is 48.8 Å². The molecule has 2 rings (SSSR count). The number of likely N-dealkylation sites (tertiary alicyclic amines) is 1. The van der Waals surface area contributed by atoms with E-state index in [-0.39, 0.29) is 6.10 Å². The highest BCUT2D eigenvalue weighted by atomic mass is 16.5. The molecular formula is C17H28N2O2. The fraction of sp³-hybridized carbons (Fsp3) is 0.647. The van der Waals surface area contributed by atoms with Crippen LogP contribution in [-0.2, 0) is 0 Å². The number of hydrogen-bond acceptors (Lipinski definition) is 4. The van der Waals surface area contributed by atoms with Gasteiger partial charge in [-0.25, -0.2) is 0 Å². The van der Waals surface area contributed by atoms with E-state index >= 15 is 0 Å². The van der Waals surface area contributed by atoms with Crippen LogP contribution in [0.4, 0.5) is 0 Å². The van der Waals surface area contributed by atoms with Gasteiger partial charge in [0.2, 0.25) is 0 Å². The van der Waals surface area contributed by atoms with Crippen molar-refractivity contribution in [2.45, 2.75) is 44.9 Å². The van der Waals surface area contributed by atoms with E-state index in [2.05, 4.69) is 17.3 Å². The first-order chi connectivity index (χ1) is 10.0. The van der Waals surface area contributed by atoms with Crippen LogP contribution in [0.15, 0.2) is 24.3 Å². The fourth-order valence-electron chi connectivity index (χ4n) is 2.65. The van der Waals surface area contributed by atoms with Crippen LogP contribution in [0, 0.1) is 0 Å². The van der Waals surface area contributed by atoms with E-state index in [0.717, 1.165) is 37.2 Å². The second-order valence-electron chi connectivity index (χ2n) is 6.24. The lowest BCUT2D eigenvalue weighted by molar-refractivity contribution is 0.157. The number of aliphatic hydroxyl groups excluding tert-OH is 1. The highest BCUT2D eigenvalue weighted by Gasteiger charge is 2.17. The minimum absolute atomic E-state index is 0.173. The molecule has 1 atom stereocenters. The molecule has 0 radical (unpaired) electrons. The van der Waals surface area contributed by atoms with Gasteiger partial charge in [-0.2, -0.15) is 0 Å². The molecule has 1 aliphatic rings. The molecule has 0 saturated carbocycles. The first kappa shape index (κ1) is 16.3. The van der Waals surface area contributed by atoms with E-state index in [9.17, 15) is 5.11 Å². The third-order valence-corrected chi connectivity index (χ3v) is 3.96. The number of ether oxygens (including phenoxy) is 1. The summed E-state index contributed by atoms with van der Waals surface area (Å²) in [4.78, 5) is 2.35. The van der Waals surface area contributed by atoms with Crippen molar-refractivity contribution in [2.24, 2.45) is 0 Å². The van der Waals surface area contributed by atoms with E-state index in [4.69, 9.17) is 4.74 Å². The van der Waals surface area contributed by atoms with Gasteiger partial charge < -0.3 is 20.1 Å². The SMILES string of the molecule is CC(C)Oc1ccc(C(O)CNC2CCN(C)CC2)cc1. The fourth-order valence-corrected chi connectivity index (χ4v) is 2.65. The molecule has 4 heteroatoms. The summed E-state index contributed by atoms with van der Waals surface area (Å²) in [7, 11) is 2.16. The first-order valence-corrected chi connectivity index (χ1v) is 7.91. The van der Waals surface area contributed by atoms with Gasteiger partial charge in [0.15, 0.2) is 0 Å². The van der Waals surface area contributed by atoms with Gasteiger partial charge in [-0.15, -0.1) is 0 Å². The van der Waals surface area contributed by atoms with E-state index in [1.807, 2.05) is 38.1 Å². The number of nitrogens with one attached hydrogen (secondary N) is 1. The molecular weight excluding hydrogens is 264 g/mol. The predicted octanol–water partition coefficient (Wildman–Crippen LogP) is 2.19. The Bertz CT molecular complexity index is 411. The Morgan fingerprint density at radius 2 is 1.86 bits per heavy atom. The molecule has 2 N–H and O–H groups in total. The van der Waals surface area contributed by atoms with Crippen LogP contribution >= 0.6 is 0 Å². The van der Waals surface area contributed by atoms with E-state index < -0.39 is 6.10 Å². The number of aliphatic hydroxyl groups is 1. The summed E-state index contributed by atoms with van der Waals surface area (Å²) >= 11 is 0. The molecule has 0 bridgehead atoms. The van der Waals surface area contributed by atoms with Crippen LogP contribution in [0.5, 0.6) is 5.75 Å². The van der Waals surface area contributed by atoms with Crippen LogP contribution in [0.3, 0.4) is 0 Å². The largest absolute Gasteiger partial charge is 0.491 e. The topological polar surface area (TPSA) is 44.7 Å². The van der Waals surface area contributed by atoms with Crippen molar-refractivity contribution in [3.05, 3.63) is 29.8 Å². The van der Waals surface area contributed by atoms with Gasteiger partial charge in [-0.1, -0.05) is 12.1 Å². The maximum atomic E-state index is 10.3. The number of rotatable bonds is 6. The quantitative estimate of drug-likeness (QED) is 0.843. The molecule has 0 spiro atoms. The predicted molar refractivity (Wildman–Crippen MR) is 85.7 cm³/mol. The van der Waals surface area contributed by atoms with Crippen molar-refractivity contribution in [3.8, 4) is 5.75 Å². The molecule has 0 amide bonds. The van der Waals surface area contributed by atoms with Gasteiger partial charge in [-0.3, -0.25) is 0 Å². The summed E-state index contributed by atoms with van der Waals surface area (Å²) < 4.78 is 5.61. The van der Waals surface area contributed by atoms with Gasteiger partial charge in [0, 0.05) is 12.6 Å². The van der Waals surface area contributed by atoms with Crippen molar-refractivity contribution in [3.63, 3.8) is 0 Å². The normalized spacial score (nSPS) is 18.9. The van der Waals surface area contributed by atoms with Gasteiger partial charge in [0.25, 0.3) is 0 Å². The molecule has 0 aromatic heterocycles. The molecule has 4 nitrogen and oxygen atoms in total. The molecule has 1 fully saturated rings. The molecule has 0 aliphatic carbocycles. The lowest BCUT2D eigenvalue weighted by Crippen LogP contribution is -2.42. The molecule has 1 unspecified atom stereocenters.